The standard InChI is InChI=1S/C20H20BrClN4OS/c1-3-10-26-19(14-4-6-15(22)7-5-14)24-25-20(26)28-12-18(27)23-16-8-9-17(21)13(2)11-16/h4-9,11H,3,10,12H2,1-2H3,(H,23,27). The molecule has 2 aromatic carbocycles. The van der Waals surface area contributed by atoms with Crippen molar-refractivity contribution in [1.29, 1.82) is 0 Å². The summed E-state index contributed by atoms with van der Waals surface area (Å²) in [6.07, 6.45) is 0.941. The fraction of sp³-hybridized carbons (Fsp3) is 0.250. The molecule has 0 spiro atoms. The Bertz CT molecular complexity index is 975. The van der Waals surface area contributed by atoms with Gasteiger partial charge in [-0.25, -0.2) is 0 Å². The number of carbonyl (C=O) groups is 1. The lowest BCUT2D eigenvalue weighted by atomic mass is 10.2. The molecule has 1 aromatic heterocycles. The van der Waals surface area contributed by atoms with Crippen molar-refractivity contribution in [2.24, 2.45) is 0 Å². The monoisotopic (exact) mass is 478 g/mol. The Hall–Kier alpha value is -1.83. The van der Waals surface area contributed by atoms with E-state index in [4.69, 9.17) is 11.6 Å². The highest BCUT2D eigenvalue weighted by Crippen LogP contribution is 2.26. The van der Waals surface area contributed by atoms with Crippen LogP contribution < -0.4 is 5.32 Å². The fourth-order valence-corrected chi connectivity index (χ4v) is 3.82. The summed E-state index contributed by atoms with van der Waals surface area (Å²) in [5.74, 6) is 0.966. The number of hydrogen-bond acceptors (Lipinski definition) is 4. The molecule has 8 heteroatoms. The van der Waals surface area contributed by atoms with E-state index in [1.165, 1.54) is 11.8 Å². The van der Waals surface area contributed by atoms with Crippen LogP contribution in [0.4, 0.5) is 5.69 Å². The van der Waals surface area contributed by atoms with E-state index >= 15 is 0 Å². The Labute approximate surface area is 182 Å². The number of nitrogens with zero attached hydrogens (tertiary/aromatic N) is 3. The Balaban J connectivity index is 1.70. The van der Waals surface area contributed by atoms with Gasteiger partial charge in [0.25, 0.3) is 0 Å². The highest BCUT2D eigenvalue weighted by molar-refractivity contribution is 9.10. The van der Waals surface area contributed by atoms with Crippen molar-refractivity contribution in [2.45, 2.75) is 32.0 Å². The highest BCUT2D eigenvalue weighted by atomic mass is 79.9. The van der Waals surface area contributed by atoms with Gasteiger partial charge < -0.3 is 9.88 Å². The lowest BCUT2D eigenvalue weighted by molar-refractivity contribution is -0.113. The summed E-state index contributed by atoms with van der Waals surface area (Å²) in [4.78, 5) is 12.3. The number of nitrogens with one attached hydrogen (secondary N) is 1. The fourth-order valence-electron chi connectivity index (χ4n) is 2.68. The Morgan fingerprint density at radius 2 is 1.96 bits per heavy atom. The topological polar surface area (TPSA) is 59.8 Å². The van der Waals surface area contributed by atoms with E-state index in [1.807, 2.05) is 54.0 Å². The molecule has 0 saturated carbocycles. The smallest absolute Gasteiger partial charge is 0.234 e. The number of anilines is 1. The minimum absolute atomic E-state index is 0.0780. The number of benzene rings is 2. The Kier molecular flexibility index (Phi) is 7.15. The van der Waals surface area contributed by atoms with Crippen LogP contribution in [0.25, 0.3) is 11.4 Å². The third-order valence-corrected chi connectivity index (χ3v) is 6.15. The van der Waals surface area contributed by atoms with E-state index in [-0.39, 0.29) is 11.7 Å². The van der Waals surface area contributed by atoms with Crippen molar-refractivity contribution < 1.29 is 4.79 Å². The first-order chi connectivity index (χ1) is 13.5. The van der Waals surface area contributed by atoms with Gasteiger partial charge in [0.2, 0.25) is 5.91 Å². The van der Waals surface area contributed by atoms with Crippen molar-refractivity contribution in [2.75, 3.05) is 11.1 Å². The number of aryl methyl sites for hydroxylation is 1. The molecule has 1 N–H and O–H groups in total. The average Bonchev–Trinajstić information content (AvgIpc) is 3.07. The summed E-state index contributed by atoms with van der Waals surface area (Å²) in [5.41, 5.74) is 2.80. The van der Waals surface area contributed by atoms with Gasteiger partial charge >= 0.3 is 0 Å². The number of rotatable bonds is 7. The lowest BCUT2D eigenvalue weighted by Crippen LogP contribution is -2.14. The molecule has 0 aliphatic heterocycles. The van der Waals surface area contributed by atoms with Crippen LogP contribution in [0.5, 0.6) is 0 Å². The molecule has 0 aliphatic rings. The second-order valence-corrected chi connectivity index (χ2v) is 8.50. The third kappa shape index (κ3) is 5.16. The summed E-state index contributed by atoms with van der Waals surface area (Å²) in [6.45, 7) is 4.86. The van der Waals surface area contributed by atoms with Gasteiger partial charge in [0.05, 0.1) is 5.75 Å². The minimum atomic E-state index is -0.0780. The van der Waals surface area contributed by atoms with Crippen LogP contribution in [-0.4, -0.2) is 26.4 Å². The van der Waals surface area contributed by atoms with Crippen molar-refractivity contribution in [1.82, 2.24) is 14.8 Å². The van der Waals surface area contributed by atoms with E-state index in [0.717, 1.165) is 45.2 Å². The normalized spacial score (nSPS) is 10.9. The van der Waals surface area contributed by atoms with Gasteiger partial charge in [-0.05, 0) is 61.4 Å². The van der Waals surface area contributed by atoms with Crippen LogP contribution in [0, 0.1) is 6.92 Å². The summed E-state index contributed by atoms with van der Waals surface area (Å²) in [5, 5.41) is 13.0. The zero-order valence-corrected chi connectivity index (χ0v) is 18.7. The van der Waals surface area contributed by atoms with Gasteiger partial charge in [-0.2, -0.15) is 0 Å². The molecule has 1 amide bonds. The molecule has 1 heterocycles. The number of hydrogen-bond donors (Lipinski definition) is 1. The SMILES string of the molecule is CCCn1c(SCC(=O)Nc2ccc(Br)c(C)c2)nnc1-c1ccc(Cl)cc1. The molecule has 0 bridgehead atoms. The molecule has 146 valence electrons. The van der Waals surface area contributed by atoms with Crippen LogP contribution >= 0.6 is 39.3 Å². The predicted octanol–water partition coefficient (Wildman–Crippen LogP) is 5.81. The maximum absolute atomic E-state index is 12.3. The van der Waals surface area contributed by atoms with Crippen molar-refractivity contribution in [3.8, 4) is 11.4 Å². The van der Waals surface area contributed by atoms with Crippen LogP contribution in [0.1, 0.15) is 18.9 Å². The highest BCUT2D eigenvalue weighted by Gasteiger charge is 2.15. The average molecular weight is 480 g/mol. The number of halogens is 2. The number of thioether (sulfide) groups is 1. The molecule has 28 heavy (non-hydrogen) atoms. The lowest BCUT2D eigenvalue weighted by Gasteiger charge is -2.10. The molecule has 0 saturated heterocycles. The van der Waals surface area contributed by atoms with Gasteiger partial charge in [-0.3, -0.25) is 4.79 Å². The van der Waals surface area contributed by atoms with Gasteiger partial charge in [0, 0.05) is 27.3 Å². The first kappa shape index (κ1) is 20.9. The number of amides is 1. The van der Waals surface area contributed by atoms with Gasteiger partial charge in [-0.15, -0.1) is 10.2 Å². The molecule has 5 nitrogen and oxygen atoms in total. The van der Waals surface area contributed by atoms with Crippen LogP contribution in [0.3, 0.4) is 0 Å². The molecule has 0 fully saturated rings. The van der Waals surface area contributed by atoms with E-state index in [1.54, 1.807) is 0 Å². The summed E-state index contributed by atoms with van der Waals surface area (Å²) in [7, 11) is 0. The van der Waals surface area contributed by atoms with E-state index < -0.39 is 0 Å². The van der Waals surface area contributed by atoms with Crippen molar-refractivity contribution >= 4 is 50.9 Å². The largest absolute Gasteiger partial charge is 0.325 e. The molecule has 3 aromatic rings. The molecule has 3 rings (SSSR count). The van der Waals surface area contributed by atoms with Crippen molar-refractivity contribution in [3.05, 3.63) is 57.5 Å². The first-order valence-electron chi connectivity index (χ1n) is 8.86. The van der Waals surface area contributed by atoms with Gasteiger partial charge in [0.1, 0.15) is 0 Å². The Morgan fingerprint density at radius 3 is 2.64 bits per heavy atom. The quantitative estimate of drug-likeness (QED) is 0.434. The maximum Gasteiger partial charge on any atom is 0.234 e. The molecular formula is C20H20BrClN4OS. The first-order valence-corrected chi connectivity index (χ1v) is 11.0. The van der Waals surface area contributed by atoms with Crippen molar-refractivity contribution in [3.63, 3.8) is 0 Å². The van der Waals surface area contributed by atoms with Gasteiger partial charge in [0.15, 0.2) is 11.0 Å². The zero-order chi connectivity index (χ0) is 20.1. The zero-order valence-electron chi connectivity index (χ0n) is 15.6. The summed E-state index contributed by atoms with van der Waals surface area (Å²) < 4.78 is 3.06. The van der Waals surface area contributed by atoms with E-state index in [2.05, 4.69) is 38.4 Å². The van der Waals surface area contributed by atoms with Crippen LogP contribution in [-0.2, 0) is 11.3 Å². The molecule has 0 unspecified atom stereocenters. The molecular weight excluding hydrogens is 460 g/mol. The van der Waals surface area contributed by atoms with E-state index in [0.29, 0.717) is 5.02 Å². The second-order valence-electron chi connectivity index (χ2n) is 6.27. The maximum atomic E-state index is 12.3. The summed E-state index contributed by atoms with van der Waals surface area (Å²) >= 11 is 10.8. The van der Waals surface area contributed by atoms with E-state index in [9.17, 15) is 4.79 Å². The second kappa shape index (κ2) is 9.58. The molecule has 0 aliphatic carbocycles. The Morgan fingerprint density at radius 1 is 1.21 bits per heavy atom. The summed E-state index contributed by atoms with van der Waals surface area (Å²) in [6, 6.07) is 13.3. The molecule has 0 radical (unpaired) electrons. The predicted molar refractivity (Wildman–Crippen MR) is 119 cm³/mol. The number of carbonyl (C=O) groups excluding carboxylic acids is 1. The minimum Gasteiger partial charge on any atom is -0.325 e. The van der Waals surface area contributed by atoms with Crippen LogP contribution in [0.2, 0.25) is 5.02 Å². The van der Waals surface area contributed by atoms with Gasteiger partial charge in [-0.1, -0.05) is 46.2 Å². The van der Waals surface area contributed by atoms with Crippen LogP contribution in [0.15, 0.2) is 52.1 Å². The molecule has 0 atom stereocenters. The number of aromatic nitrogens is 3. The third-order valence-electron chi connectivity index (χ3n) is 4.04.